The molecule has 2 atom stereocenters. The number of guanidine groups is 1. The Bertz CT molecular complexity index is 1580. The smallest absolute Gasteiger partial charge is 0.434 e. The van der Waals surface area contributed by atoms with E-state index in [1.807, 2.05) is 20.8 Å². The van der Waals surface area contributed by atoms with E-state index in [9.17, 15) is 19.8 Å². The molecule has 2 amide bonds. The number of nitrogens with zero attached hydrogens (tertiary/aromatic N) is 7. The summed E-state index contributed by atoms with van der Waals surface area (Å²) in [4.78, 5) is 39.3. The molecule has 0 bridgehead atoms. The van der Waals surface area contributed by atoms with E-state index in [1.54, 1.807) is 42.5 Å². The topological polar surface area (TPSA) is 172 Å². The van der Waals surface area contributed by atoms with Crippen molar-refractivity contribution in [1.82, 2.24) is 35.1 Å². The summed E-state index contributed by atoms with van der Waals surface area (Å²) in [6.07, 6.45) is 2.81. The van der Waals surface area contributed by atoms with E-state index in [0.29, 0.717) is 33.2 Å². The van der Waals surface area contributed by atoms with E-state index in [-0.39, 0.29) is 12.4 Å². The lowest BCUT2D eigenvalue weighted by molar-refractivity contribution is -0.134. The van der Waals surface area contributed by atoms with Crippen molar-refractivity contribution in [3.05, 3.63) is 77.7 Å². The number of carbonyl (C=O) groups is 2. The van der Waals surface area contributed by atoms with Gasteiger partial charge in [0.25, 0.3) is 5.91 Å². The van der Waals surface area contributed by atoms with Crippen molar-refractivity contribution < 1.29 is 24.3 Å². The first-order valence-corrected chi connectivity index (χ1v) is 13.0. The van der Waals surface area contributed by atoms with Crippen LogP contribution in [0.2, 0.25) is 5.02 Å². The summed E-state index contributed by atoms with van der Waals surface area (Å²) in [5.74, 6) is -0.297. The summed E-state index contributed by atoms with van der Waals surface area (Å²) < 4.78 is 6.29. The van der Waals surface area contributed by atoms with E-state index < -0.39 is 35.6 Å². The highest BCUT2D eigenvalue weighted by Gasteiger charge is 2.55. The second-order valence-corrected chi connectivity index (χ2v) is 11.1. The van der Waals surface area contributed by atoms with Gasteiger partial charge in [-0.3, -0.25) is 9.69 Å². The number of aliphatic hydroxyl groups excluding tert-OH is 1. The van der Waals surface area contributed by atoms with E-state index >= 15 is 0 Å². The molecule has 0 spiro atoms. The summed E-state index contributed by atoms with van der Waals surface area (Å²) in [6, 6.07) is 10.9. The molecule has 13 nitrogen and oxygen atoms in total. The molecule has 0 aliphatic carbocycles. The van der Waals surface area contributed by atoms with Gasteiger partial charge in [0.05, 0.1) is 23.4 Å². The van der Waals surface area contributed by atoms with Crippen LogP contribution in [0.4, 0.5) is 4.79 Å². The van der Waals surface area contributed by atoms with Crippen LogP contribution in [-0.4, -0.2) is 64.6 Å². The number of hydrogen-bond acceptors (Lipinski definition) is 8. The van der Waals surface area contributed by atoms with Gasteiger partial charge < -0.3 is 20.1 Å². The number of aromatic nitrogens is 5. The number of hydrogen-bond donors (Lipinski definition) is 3. The molecule has 0 radical (unpaired) electrons. The van der Waals surface area contributed by atoms with E-state index in [1.165, 1.54) is 28.6 Å². The highest BCUT2D eigenvalue weighted by molar-refractivity contribution is 6.32. The third kappa shape index (κ3) is 5.41. The Balaban J connectivity index is 1.63. The molecule has 5 rings (SSSR count). The number of rotatable bonds is 7. The molecule has 212 valence electrons. The van der Waals surface area contributed by atoms with E-state index in [4.69, 9.17) is 16.1 Å². The van der Waals surface area contributed by atoms with Crippen molar-refractivity contribution in [2.45, 2.75) is 38.8 Å². The van der Waals surface area contributed by atoms with Crippen molar-refractivity contribution in [2.24, 2.45) is 10.4 Å². The van der Waals surface area contributed by atoms with E-state index in [2.05, 4.69) is 30.5 Å². The molecule has 1 aliphatic heterocycles. The van der Waals surface area contributed by atoms with Crippen LogP contribution in [0.3, 0.4) is 0 Å². The van der Waals surface area contributed by atoms with Crippen LogP contribution < -0.4 is 5.32 Å². The van der Waals surface area contributed by atoms with Crippen molar-refractivity contribution in [3.8, 4) is 17.1 Å². The minimum Gasteiger partial charge on any atom is -0.463 e. The van der Waals surface area contributed by atoms with Gasteiger partial charge >= 0.3 is 6.09 Å². The van der Waals surface area contributed by atoms with Crippen molar-refractivity contribution >= 4 is 29.6 Å². The number of benzene rings is 2. The van der Waals surface area contributed by atoms with Gasteiger partial charge in [-0.1, -0.05) is 67.9 Å². The predicted molar refractivity (Wildman–Crippen MR) is 147 cm³/mol. The molecule has 1 aliphatic rings. The number of carboxylic acid groups (broad SMARTS) is 1. The Morgan fingerprint density at radius 1 is 1.22 bits per heavy atom. The fourth-order valence-corrected chi connectivity index (χ4v) is 5.27. The molecule has 1 fully saturated rings. The van der Waals surface area contributed by atoms with Crippen molar-refractivity contribution in [3.63, 3.8) is 0 Å². The van der Waals surface area contributed by atoms with Gasteiger partial charge in [0.15, 0.2) is 0 Å². The molecule has 14 heteroatoms. The first-order chi connectivity index (χ1) is 19.5. The number of aliphatic imine (C=N–C) groups is 1. The Morgan fingerprint density at radius 2 is 1.98 bits per heavy atom. The number of halogens is 1. The highest BCUT2D eigenvalue weighted by atomic mass is 35.5. The minimum absolute atomic E-state index is 0.203. The van der Waals surface area contributed by atoms with Crippen LogP contribution in [0.25, 0.3) is 17.1 Å². The van der Waals surface area contributed by atoms with Crippen LogP contribution >= 0.6 is 11.6 Å². The number of nitrogens with one attached hydrogen (secondary N) is 1. The van der Waals surface area contributed by atoms with Crippen LogP contribution in [0, 0.1) is 5.41 Å². The average molecular weight is 579 g/mol. The van der Waals surface area contributed by atoms with Gasteiger partial charge in [-0.15, -0.1) is 4.99 Å². The van der Waals surface area contributed by atoms with Gasteiger partial charge in [0.1, 0.15) is 18.2 Å². The van der Waals surface area contributed by atoms with Gasteiger partial charge in [0, 0.05) is 5.56 Å². The fourth-order valence-electron chi connectivity index (χ4n) is 5.06. The highest BCUT2D eigenvalue weighted by Crippen LogP contribution is 2.43. The normalized spacial score (nSPS) is 19.0. The lowest BCUT2D eigenvalue weighted by atomic mass is 9.75. The first kappa shape index (κ1) is 27.9. The number of carbonyl (C=O) groups excluding carboxylic acids is 1. The van der Waals surface area contributed by atoms with Crippen molar-refractivity contribution in [2.75, 3.05) is 6.61 Å². The SMILES string of the molecule is CC(C)(C)C[C@]1(c2ccc(-c3ncon3)cc2)NC(=NC(=O)O)N(C(CO)c2ccc(Cl)c(-n3cncn3)c2)C1=O. The molecular weight excluding hydrogens is 552 g/mol. The molecule has 41 heavy (non-hydrogen) atoms. The quantitative estimate of drug-likeness (QED) is 0.293. The first-order valence-electron chi connectivity index (χ1n) is 12.6. The van der Waals surface area contributed by atoms with Gasteiger partial charge in [-0.25, -0.2) is 14.5 Å². The lowest BCUT2D eigenvalue weighted by Gasteiger charge is -2.35. The van der Waals surface area contributed by atoms with Crippen LogP contribution in [0.1, 0.15) is 44.4 Å². The van der Waals surface area contributed by atoms with Crippen LogP contribution in [-0.2, 0) is 10.3 Å². The zero-order chi connectivity index (χ0) is 29.4. The Morgan fingerprint density at radius 3 is 2.56 bits per heavy atom. The fraction of sp³-hybridized carbons (Fsp3) is 0.296. The van der Waals surface area contributed by atoms with E-state index in [0.717, 1.165) is 0 Å². The zero-order valence-corrected chi connectivity index (χ0v) is 23.1. The predicted octanol–water partition coefficient (Wildman–Crippen LogP) is 3.80. The Kier molecular flexibility index (Phi) is 7.32. The largest absolute Gasteiger partial charge is 0.463 e. The molecule has 3 N–H and O–H groups in total. The number of aliphatic hydroxyl groups is 1. The summed E-state index contributed by atoms with van der Waals surface area (Å²) >= 11 is 6.41. The van der Waals surface area contributed by atoms with Crippen molar-refractivity contribution in [1.29, 1.82) is 0 Å². The maximum Gasteiger partial charge on any atom is 0.434 e. The second-order valence-electron chi connectivity index (χ2n) is 10.7. The maximum absolute atomic E-state index is 14.6. The zero-order valence-electron chi connectivity index (χ0n) is 22.4. The molecule has 1 saturated heterocycles. The third-order valence-electron chi connectivity index (χ3n) is 6.64. The Labute approximate surface area is 239 Å². The summed E-state index contributed by atoms with van der Waals surface area (Å²) in [6.45, 7) is 5.39. The summed E-state index contributed by atoms with van der Waals surface area (Å²) in [5.41, 5.74) is 0.390. The van der Waals surface area contributed by atoms with Gasteiger partial charge in [0.2, 0.25) is 18.2 Å². The second kappa shape index (κ2) is 10.7. The van der Waals surface area contributed by atoms with Crippen LogP contribution in [0.15, 0.2) is 71.0 Å². The van der Waals surface area contributed by atoms with Crippen LogP contribution in [0.5, 0.6) is 0 Å². The van der Waals surface area contributed by atoms with Gasteiger partial charge in [-0.05, 0) is 35.1 Å². The molecule has 1 unspecified atom stereocenters. The molecule has 0 saturated carbocycles. The summed E-state index contributed by atoms with van der Waals surface area (Å²) in [7, 11) is 0. The number of amides is 2. The maximum atomic E-state index is 14.6. The average Bonchev–Trinajstić information content (AvgIpc) is 3.69. The molecular formula is C27H27ClN8O5. The molecule has 2 aromatic heterocycles. The summed E-state index contributed by atoms with van der Waals surface area (Å²) in [5, 5.41) is 31.7. The molecule has 3 heterocycles. The Hall–Kier alpha value is -4.62. The molecule has 4 aromatic rings. The minimum atomic E-state index is -1.50. The third-order valence-corrected chi connectivity index (χ3v) is 6.96. The standard InChI is InChI=1S/C27H27ClN8O5/c1-26(2,3)12-27(18-7-4-16(5-8-18)22-30-15-41-34-22)23(38)36(24(33-27)32-25(39)40)21(11-37)17-6-9-19(28)20(10-17)35-14-29-13-31-35/h4-10,13-15,21,37H,11-12H2,1-3H3,(H,32,33)(H,39,40)/t21?,27-/m1/s1. The molecule has 2 aromatic carbocycles. The van der Waals surface area contributed by atoms with Gasteiger partial charge in [-0.2, -0.15) is 10.1 Å². The monoisotopic (exact) mass is 578 g/mol. The lowest BCUT2D eigenvalue weighted by Crippen LogP contribution is -2.47.